The Morgan fingerprint density at radius 2 is 1.95 bits per heavy atom. The number of aliphatic hydroxyl groups excluding tert-OH is 1. The van der Waals surface area contributed by atoms with Gasteiger partial charge in [0.1, 0.15) is 5.75 Å². The summed E-state index contributed by atoms with van der Waals surface area (Å²) < 4.78 is 5.42. The van der Waals surface area contributed by atoms with Gasteiger partial charge < -0.3 is 14.7 Å². The average Bonchev–Trinajstić information content (AvgIpc) is 2.38. The molecule has 1 N–H and O–H groups in total. The highest BCUT2D eigenvalue weighted by Crippen LogP contribution is 2.32. The third kappa shape index (κ3) is 4.27. The summed E-state index contributed by atoms with van der Waals surface area (Å²) in [5.74, 6) is 0.175. The highest BCUT2D eigenvalue weighted by molar-refractivity contribution is 6.35. The first kappa shape index (κ1) is 16.1. The number of ether oxygens (including phenoxy) is 1. The van der Waals surface area contributed by atoms with Crippen LogP contribution in [-0.2, 0) is 11.4 Å². The van der Waals surface area contributed by atoms with Gasteiger partial charge in [-0.1, -0.05) is 23.2 Å². The van der Waals surface area contributed by atoms with Crippen LogP contribution in [0.15, 0.2) is 12.1 Å². The van der Waals surface area contributed by atoms with E-state index in [-0.39, 0.29) is 24.1 Å². The van der Waals surface area contributed by atoms with Gasteiger partial charge in [-0.3, -0.25) is 4.79 Å². The van der Waals surface area contributed by atoms with E-state index in [4.69, 9.17) is 27.9 Å². The fourth-order valence-corrected chi connectivity index (χ4v) is 2.28. The Hall–Kier alpha value is -0.970. The lowest BCUT2D eigenvalue weighted by atomic mass is 10.2. The molecule has 0 aromatic heterocycles. The Balaban J connectivity index is 2.80. The molecular weight excluding hydrogens is 289 g/mol. The van der Waals surface area contributed by atoms with Gasteiger partial charge in [0.05, 0.1) is 11.6 Å². The van der Waals surface area contributed by atoms with Crippen LogP contribution in [-0.4, -0.2) is 35.6 Å². The summed E-state index contributed by atoms with van der Waals surface area (Å²) in [6.45, 7) is 4.68. The van der Waals surface area contributed by atoms with Crippen molar-refractivity contribution in [3.05, 3.63) is 27.7 Å². The molecular formula is C13H17Cl2NO3. The van der Waals surface area contributed by atoms with Crippen molar-refractivity contribution in [2.24, 2.45) is 0 Å². The average molecular weight is 306 g/mol. The van der Waals surface area contributed by atoms with Gasteiger partial charge in [0.25, 0.3) is 5.91 Å². The number of halogens is 2. The number of aliphatic hydroxyl groups is 1. The molecule has 0 saturated heterocycles. The van der Waals surface area contributed by atoms with E-state index in [0.717, 1.165) is 0 Å². The van der Waals surface area contributed by atoms with Crippen LogP contribution in [0.5, 0.6) is 5.75 Å². The minimum atomic E-state index is -0.255. The molecule has 19 heavy (non-hydrogen) atoms. The second-order valence-corrected chi connectivity index (χ2v) is 4.73. The molecule has 0 spiro atoms. The second kappa shape index (κ2) is 7.58. The lowest BCUT2D eigenvalue weighted by molar-refractivity contribution is -0.132. The molecule has 4 nitrogen and oxygen atoms in total. The molecule has 0 aliphatic carbocycles. The third-order valence-electron chi connectivity index (χ3n) is 2.71. The van der Waals surface area contributed by atoms with Crippen LogP contribution in [0.25, 0.3) is 0 Å². The maximum atomic E-state index is 11.8. The summed E-state index contributed by atoms with van der Waals surface area (Å²) in [7, 11) is 0. The molecule has 0 aliphatic rings. The quantitative estimate of drug-likeness (QED) is 0.879. The van der Waals surface area contributed by atoms with Crippen molar-refractivity contribution in [3.8, 4) is 5.75 Å². The lowest BCUT2D eigenvalue weighted by Crippen LogP contribution is -2.34. The van der Waals surface area contributed by atoms with Gasteiger partial charge in [0, 0.05) is 23.7 Å². The smallest absolute Gasteiger partial charge is 0.260 e. The Kier molecular flexibility index (Phi) is 6.42. The summed E-state index contributed by atoms with van der Waals surface area (Å²) in [6.07, 6.45) is 0. The number of carbonyl (C=O) groups excluding carboxylic acids is 1. The van der Waals surface area contributed by atoms with Crippen molar-refractivity contribution in [2.75, 3.05) is 19.7 Å². The van der Waals surface area contributed by atoms with Gasteiger partial charge in [0.2, 0.25) is 0 Å². The lowest BCUT2D eigenvalue weighted by Gasteiger charge is -2.19. The fraction of sp³-hybridized carbons (Fsp3) is 0.462. The Labute approximate surface area is 122 Å². The van der Waals surface area contributed by atoms with Crippen molar-refractivity contribution >= 4 is 29.1 Å². The molecule has 1 rings (SSSR count). The summed E-state index contributed by atoms with van der Waals surface area (Å²) in [4.78, 5) is 13.5. The Bertz CT molecular complexity index is 448. The van der Waals surface area contributed by atoms with Gasteiger partial charge in [-0.15, -0.1) is 0 Å². The van der Waals surface area contributed by atoms with E-state index in [1.54, 1.807) is 11.0 Å². The van der Waals surface area contributed by atoms with Crippen LogP contribution in [0, 0.1) is 0 Å². The van der Waals surface area contributed by atoms with E-state index in [1.165, 1.54) is 6.07 Å². The zero-order valence-electron chi connectivity index (χ0n) is 10.9. The van der Waals surface area contributed by atoms with Gasteiger partial charge >= 0.3 is 0 Å². The molecule has 0 fully saturated rings. The standard InChI is InChI=1S/C13H17Cl2NO3/c1-3-16(4-2)12(18)8-19-13-9(7-17)5-10(14)6-11(13)15/h5-6,17H,3-4,7-8H2,1-2H3. The number of likely N-dealkylation sites (N-methyl/N-ethyl adjacent to an activating group) is 1. The van der Waals surface area contributed by atoms with Crippen LogP contribution < -0.4 is 4.74 Å². The molecule has 0 radical (unpaired) electrons. The molecule has 6 heteroatoms. The van der Waals surface area contributed by atoms with Crippen LogP contribution in [0.4, 0.5) is 0 Å². The van der Waals surface area contributed by atoms with Gasteiger partial charge in [-0.05, 0) is 26.0 Å². The normalized spacial score (nSPS) is 10.4. The van der Waals surface area contributed by atoms with Gasteiger partial charge in [-0.2, -0.15) is 0 Å². The van der Waals surface area contributed by atoms with Crippen molar-refractivity contribution in [1.29, 1.82) is 0 Å². The summed E-state index contributed by atoms with van der Waals surface area (Å²) in [6, 6.07) is 3.07. The molecule has 0 saturated carbocycles. The predicted molar refractivity (Wildman–Crippen MR) is 75.8 cm³/mol. The molecule has 106 valence electrons. The molecule has 0 aliphatic heterocycles. The number of nitrogens with zero attached hydrogens (tertiary/aromatic N) is 1. The summed E-state index contributed by atoms with van der Waals surface area (Å²) in [5.41, 5.74) is 0.463. The minimum Gasteiger partial charge on any atom is -0.482 e. The maximum absolute atomic E-state index is 11.8. The van der Waals surface area contributed by atoms with E-state index in [9.17, 15) is 9.90 Å². The van der Waals surface area contributed by atoms with E-state index < -0.39 is 0 Å². The van der Waals surface area contributed by atoms with Crippen molar-refractivity contribution in [2.45, 2.75) is 20.5 Å². The topological polar surface area (TPSA) is 49.8 Å². The Morgan fingerprint density at radius 3 is 2.47 bits per heavy atom. The molecule has 1 aromatic carbocycles. The zero-order valence-corrected chi connectivity index (χ0v) is 12.5. The van der Waals surface area contributed by atoms with Gasteiger partial charge in [-0.25, -0.2) is 0 Å². The zero-order chi connectivity index (χ0) is 14.4. The van der Waals surface area contributed by atoms with Crippen LogP contribution in [0.2, 0.25) is 10.0 Å². The maximum Gasteiger partial charge on any atom is 0.260 e. The van der Waals surface area contributed by atoms with Crippen molar-refractivity contribution in [3.63, 3.8) is 0 Å². The van der Waals surface area contributed by atoms with E-state index in [2.05, 4.69) is 0 Å². The first-order chi connectivity index (χ1) is 9.03. The first-order valence-corrected chi connectivity index (χ1v) is 6.78. The summed E-state index contributed by atoms with van der Waals surface area (Å²) in [5, 5.41) is 9.94. The molecule has 0 unspecified atom stereocenters. The second-order valence-electron chi connectivity index (χ2n) is 3.89. The van der Waals surface area contributed by atoms with E-state index in [0.29, 0.717) is 29.4 Å². The highest BCUT2D eigenvalue weighted by atomic mass is 35.5. The molecule has 1 aromatic rings. The number of amides is 1. The largest absolute Gasteiger partial charge is 0.482 e. The van der Waals surface area contributed by atoms with Gasteiger partial charge in [0.15, 0.2) is 6.61 Å². The minimum absolute atomic E-state index is 0.115. The van der Waals surface area contributed by atoms with Crippen molar-refractivity contribution in [1.82, 2.24) is 4.90 Å². The first-order valence-electron chi connectivity index (χ1n) is 6.02. The number of rotatable bonds is 6. The molecule has 0 atom stereocenters. The van der Waals surface area contributed by atoms with Crippen molar-refractivity contribution < 1.29 is 14.6 Å². The monoisotopic (exact) mass is 305 g/mol. The molecule has 1 amide bonds. The Morgan fingerprint density at radius 1 is 1.32 bits per heavy atom. The number of benzene rings is 1. The molecule has 0 heterocycles. The third-order valence-corrected chi connectivity index (χ3v) is 3.21. The number of carbonyl (C=O) groups is 1. The van der Waals surface area contributed by atoms with Crippen LogP contribution in [0.3, 0.4) is 0 Å². The highest BCUT2D eigenvalue weighted by Gasteiger charge is 2.14. The molecule has 0 bridgehead atoms. The van der Waals surface area contributed by atoms with Crippen LogP contribution >= 0.6 is 23.2 Å². The van der Waals surface area contributed by atoms with Crippen LogP contribution in [0.1, 0.15) is 19.4 Å². The predicted octanol–water partition coefficient (Wildman–Crippen LogP) is 2.73. The number of hydrogen-bond donors (Lipinski definition) is 1. The number of hydrogen-bond acceptors (Lipinski definition) is 3. The fourth-order valence-electron chi connectivity index (χ4n) is 1.69. The summed E-state index contributed by atoms with van der Waals surface area (Å²) >= 11 is 11.8. The van der Waals surface area contributed by atoms with E-state index >= 15 is 0 Å². The SMILES string of the molecule is CCN(CC)C(=O)COc1c(Cl)cc(Cl)cc1CO. The van der Waals surface area contributed by atoms with E-state index in [1.807, 2.05) is 13.8 Å².